The summed E-state index contributed by atoms with van der Waals surface area (Å²) in [6.45, 7) is 2.01. The molecule has 0 amide bonds. The summed E-state index contributed by atoms with van der Waals surface area (Å²) in [5.74, 6) is -0.762. The van der Waals surface area contributed by atoms with Gasteiger partial charge in [0.2, 0.25) is 0 Å². The number of methoxy groups -OCH3 is 1. The van der Waals surface area contributed by atoms with Crippen molar-refractivity contribution in [2.24, 2.45) is 22.7 Å². The Labute approximate surface area is 151 Å². The third-order valence-electron chi connectivity index (χ3n) is 7.24. The number of hydrogen-bond acceptors (Lipinski definition) is 6. The summed E-state index contributed by atoms with van der Waals surface area (Å²) in [7, 11) is 1.45. The molecule has 0 radical (unpaired) electrons. The fourth-order valence-electron chi connectivity index (χ4n) is 6.62. The minimum Gasteiger partial charge on any atom is -0.469 e. The molecule has 6 nitrogen and oxygen atoms in total. The molecular weight excluding hydrogens is 332 g/mol. The Morgan fingerprint density at radius 2 is 2.27 bits per heavy atom. The first kappa shape index (κ1) is 15.1. The molecule has 0 aromatic heterocycles. The van der Waals surface area contributed by atoms with Gasteiger partial charge in [-0.1, -0.05) is 29.8 Å². The lowest BCUT2D eigenvalue weighted by molar-refractivity contribution is -0.234. The number of nitrogens with zero attached hydrogens (tertiary/aromatic N) is 2. The minimum absolute atomic E-state index is 0.00425. The number of aliphatic hydroxyl groups excluding tert-OH is 1. The van der Waals surface area contributed by atoms with Crippen LogP contribution in [0.4, 0.5) is 5.69 Å². The lowest BCUT2D eigenvalue weighted by Gasteiger charge is -2.63. The van der Waals surface area contributed by atoms with E-state index in [9.17, 15) is 9.90 Å². The number of aliphatic hydroxyl groups is 1. The molecule has 4 heterocycles. The Morgan fingerprint density at radius 3 is 3.04 bits per heavy atom. The van der Waals surface area contributed by atoms with Gasteiger partial charge >= 0.3 is 5.97 Å². The first-order valence-electron chi connectivity index (χ1n) is 9.20. The van der Waals surface area contributed by atoms with E-state index in [1.165, 1.54) is 12.7 Å². The van der Waals surface area contributed by atoms with E-state index in [0.29, 0.717) is 0 Å². The molecule has 1 aromatic carbocycles. The van der Waals surface area contributed by atoms with Gasteiger partial charge < -0.3 is 9.84 Å². The molecular formula is C20H20N2O4. The molecule has 4 aliphatic heterocycles. The van der Waals surface area contributed by atoms with Gasteiger partial charge in [-0.05, 0) is 30.9 Å². The first-order valence-corrected chi connectivity index (χ1v) is 9.20. The van der Waals surface area contributed by atoms with Crippen molar-refractivity contribution in [2.45, 2.75) is 37.1 Å². The highest BCUT2D eigenvalue weighted by Gasteiger charge is 2.78. The molecule has 6 heteroatoms. The molecule has 1 N–H and O–H groups in total. The lowest BCUT2D eigenvalue weighted by atomic mass is 9.43. The van der Waals surface area contributed by atoms with E-state index in [4.69, 9.17) is 14.6 Å². The summed E-state index contributed by atoms with van der Waals surface area (Å²) in [5.41, 5.74) is 3.46. The quantitative estimate of drug-likeness (QED) is 0.615. The van der Waals surface area contributed by atoms with E-state index >= 15 is 0 Å². The van der Waals surface area contributed by atoms with Gasteiger partial charge in [-0.15, -0.1) is 0 Å². The zero-order valence-electron chi connectivity index (χ0n) is 14.6. The van der Waals surface area contributed by atoms with Crippen LogP contribution in [0, 0.1) is 17.8 Å². The number of fused-ring (bicyclic) bond motifs is 1. The van der Waals surface area contributed by atoms with Crippen LogP contribution in [0.25, 0.3) is 0 Å². The van der Waals surface area contributed by atoms with Crippen molar-refractivity contribution in [3.8, 4) is 0 Å². The second-order valence-electron chi connectivity index (χ2n) is 7.86. The third kappa shape index (κ3) is 1.34. The molecule has 5 fully saturated rings. The van der Waals surface area contributed by atoms with Gasteiger partial charge in [0, 0.05) is 5.92 Å². The molecule has 7 rings (SSSR count). The topological polar surface area (TPSA) is 71.4 Å². The molecule has 1 aromatic rings. The van der Waals surface area contributed by atoms with Crippen LogP contribution in [0.1, 0.15) is 18.9 Å². The van der Waals surface area contributed by atoms with Gasteiger partial charge in [-0.25, -0.2) is 0 Å². The standard InChI is InChI=1S/C20H20N2O4/c1-3-9-10-8-13-17-20(14(10)18(23)25-2,11-6-4-5-7-12(11)21-17)15-16(9)22(13)26-19(15)24/h3-7,10,13-16,19,24H,8H2,1-2H3/b9-3-/t10-,13-,14-,15?,16-,19?,20?/m0/s1. The smallest absolute Gasteiger partial charge is 0.310 e. The largest absolute Gasteiger partial charge is 0.469 e. The SMILES string of the molecule is C/C=C1/[C@@H]2C[C@H]3C4=Nc5ccccc5C4(C4C(O)ON3[C@@H]14)[C@@H]2C(=O)OC. The number of benzene rings is 1. The van der Waals surface area contributed by atoms with E-state index in [-0.39, 0.29) is 35.8 Å². The second kappa shape index (κ2) is 4.63. The van der Waals surface area contributed by atoms with E-state index in [0.717, 1.165) is 23.4 Å². The second-order valence-corrected chi connectivity index (χ2v) is 7.86. The van der Waals surface area contributed by atoms with Crippen molar-refractivity contribution < 1.29 is 19.5 Å². The summed E-state index contributed by atoms with van der Waals surface area (Å²) >= 11 is 0. The van der Waals surface area contributed by atoms with E-state index in [1.807, 2.05) is 30.2 Å². The van der Waals surface area contributed by atoms with Crippen LogP contribution in [-0.4, -0.2) is 47.3 Å². The minimum atomic E-state index is -0.956. The average Bonchev–Trinajstić information content (AvgIpc) is 3.16. The normalized spacial score (nSPS) is 47.7. The summed E-state index contributed by atoms with van der Waals surface area (Å²) in [5, 5.41) is 12.8. The van der Waals surface area contributed by atoms with E-state index < -0.39 is 11.7 Å². The summed E-state index contributed by atoms with van der Waals surface area (Å²) < 4.78 is 5.27. The molecule has 3 saturated heterocycles. The van der Waals surface area contributed by atoms with Gasteiger partial charge in [-0.2, -0.15) is 5.06 Å². The maximum Gasteiger partial charge on any atom is 0.310 e. The molecule has 4 unspecified atom stereocenters. The first-order chi connectivity index (χ1) is 12.6. The van der Waals surface area contributed by atoms with Crippen molar-refractivity contribution >= 4 is 17.4 Å². The van der Waals surface area contributed by atoms with Crippen LogP contribution in [0.5, 0.6) is 0 Å². The van der Waals surface area contributed by atoms with Crippen molar-refractivity contribution in [1.29, 1.82) is 0 Å². The molecule has 2 saturated carbocycles. The number of carbonyl (C=O) groups excluding carboxylic acids is 1. The van der Waals surface area contributed by atoms with Crippen LogP contribution < -0.4 is 0 Å². The molecule has 2 aliphatic carbocycles. The van der Waals surface area contributed by atoms with Crippen LogP contribution >= 0.6 is 0 Å². The number of rotatable bonds is 1. The van der Waals surface area contributed by atoms with E-state index in [1.54, 1.807) is 0 Å². The number of piperidine rings is 2. The predicted octanol–water partition coefficient (Wildman–Crippen LogP) is 1.71. The molecule has 6 aliphatic rings. The number of allylic oxidation sites excluding steroid dienone is 1. The van der Waals surface area contributed by atoms with Gasteiger partial charge in [0.25, 0.3) is 0 Å². The number of para-hydroxylation sites is 1. The number of hydrogen-bond donors (Lipinski definition) is 1. The van der Waals surface area contributed by atoms with Crippen LogP contribution in [-0.2, 0) is 19.8 Å². The Hall–Kier alpha value is -2.02. The van der Waals surface area contributed by atoms with Crippen LogP contribution in [0.15, 0.2) is 40.9 Å². The molecule has 6 bridgehead atoms. The number of ether oxygens (including phenoxy) is 1. The number of hydroxylamine groups is 2. The lowest BCUT2D eigenvalue weighted by Crippen LogP contribution is -2.74. The molecule has 8 atom stereocenters. The zero-order valence-corrected chi connectivity index (χ0v) is 14.6. The van der Waals surface area contributed by atoms with Gasteiger partial charge in [0.05, 0.1) is 41.9 Å². The fraction of sp³-hybridized carbons (Fsp3) is 0.500. The van der Waals surface area contributed by atoms with Gasteiger partial charge in [0.1, 0.15) is 0 Å². The van der Waals surface area contributed by atoms with Crippen molar-refractivity contribution in [2.75, 3.05) is 7.11 Å². The Bertz CT molecular complexity index is 909. The van der Waals surface area contributed by atoms with Gasteiger partial charge in [-0.3, -0.25) is 14.6 Å². The average molecular weight is 352 g/mol. The van der Waals surface area contributed by atoms with Crippen LogP contribution in [0.3, 0.4) is 0 Å². The Balaban J connectivity index is 1.71. The highest BCUT2D eigenvalue weighted by molar-refractivity contribution is 6.10. The molecule has 1 spiro atoms. The van der Waals surface area contributed by atoms with Gasteiger partial charge in [0.15, 0.2) is 6.29 Å². The monoisotopic (exact) mass is 352 g/mol. The van der Waals surface area contributed by atoms with Crippen molar-refractivity contribution in [3.05, 3.63) is 41.5 Å². The fourth-order valence-corrected chi connectivity index (χ4v) is 6.62. The predicted molar refractivity (Wildman–Crippen MR) is 92.6 cm³/mol. The maximum absolute atomic E-state index is 13.1. The summed E-state index contributed by atoms with van der Waals surface area (Å²) in [6, 6.07) is 8.00. The third-order valence-corrected chi connectivity index (χ3v) is 7.24. The highest BCUT2D eigenvalue weighted by atomic mass is 16.8. The molecule has 26 heavy (non-hydrogen) atoms. The highest BCUT2D eigenvalue weighted by Crippen LogP contribution is 2.69. The maximum atomic E-state index is 13.1. The zero-order chi connectivity index (χ0) is 17.8. The molecule has 134 valence electrons. The number of carbonyl (C=O) groups is 1. The van der Waals surface area contributed by atoms with E-state index in [2.05, 4.69) is 12.1 Å². The Kier molecular flexibility index (Phi) is 2.68. The summed E-state index contributed by atoms with van der Waals surface area (Å²) in [4.78, 5) is 23.9. The van der Waals surface area contributed by atoms with Crippen LogP contribution in [0.2, 0.25) is 0 Å². The number of esters is 1. The number of aliphatic imine (C=N–C) groups is 1. The Morgan fingerprint density at radius 1 is 1.46 bits per heavy atom. The summed E-state index contributed by atoms with van der Waals surface area (Å²) in [6.07, 6.45) is 1.91. The van der Waals surface area contributed by atoms with Crippen molar-refractivity contribution in [1.82, 2.24) is 5.06 Å². The van der Waals surface area contributed by atoms with Crippen molar-refractivity contribution in [3.63, 3.8) is 0 Å².